The summed E-state index contributed by atoms with van der Waals surface area (Å²) in [5.74, 6) is -1.85. The Morgan fingerprint density at radius 2 is 1.81 bits per heavy atom. The lowest BCUT2D eigenvalue weighted by molar-refractivity contribution is -0.143. The standard InChI is InChI=1S/C13H17NO6S/c1-4-13(2,12(16)17)14-21(18,19)10-7-5-9(6-8-10)11(15)20-3/h5-8,14H,4H2,1-3H3,(H,16,17). The monoisotopic (exact) mass is 315 g/mol. The van der Waals surface area contributed by atoms with Crippen LogP contribution >= 0.6 is 0 Å². The van der Waals surface area contributed by atoms with Gasteiger partial charge in [0.15, 0.2) is 0 Å². The molecule has 1 unspecified atom stereocenters. The lowest BCUT2D eigenvalue weighted by Crippen LogP contribution is -2.51. The molecule has 0 aromatic heterocycles. The van der Waals surface area contributed by atoms with Crippen LogP contribution in [0.3, 0.4) is 0 Å². The third-order valence-corrected chi connectivity index (χ3v) is 4.74. The first kappa shape index (κ1) is 17.1. The Morgan fingerprint density at radius 1 is 1.29 bits per heavy atom. The molecule has 1 aromatic rings. The lowest BCUT2D eigenvalue weighted by atomic mass is 10.0. The molecule has 21 heavy (non-hydrogen) atoms. The van der Waals surface area contributed by atoms with E-state index in [1.165, 1.54) is 38.3 Å². The van der Waals surface area contributed by atoms with Gasteiger partial charge in [-0.15, -0.1) is 0 Å². The molecular weight excluding hydrogens is 298 g/mol. The molecule has 0 radical (unpaired) electrons. The number of benzene rings is 1. The fourth-order valence-electron chi connectivity index (χ4n) is 1.51. The van der Waals surface area contributed by atoms with Gasteiger partial charge in [-0.3, -0.25) is 4.79 Å². The van der Waals surface area contributed by atoms with Crippen molar-refractivity contribution in [3.05, 3.63) is 29.8 Å². The van der Waals surface area contributed by atoms with Crippen LogP contribution in [0.1, 0.15) is 30.6 Å². The van der Waals surface area contributed by atoms with Crippen molar-refractivity contribution < 1.29 is 27.9 Å². The SMILES string of the molecule is CCC(C)(NS(=O)(=O)c1ccc(C(=O)OC)cc1)C(=O)O. The van der Waals surface area contributed by atoms with Crippen LogP contribution in [0.4, 0.5) is 0 Å². The van der Waals surface area contributed by atoms with Crippen molar-refractivity contribution in [1.82, 2.24) is 4.72 Å². The summed E-state index contributed by atoms with van der Waals surface area (Å²) in [4.78, 5) is 22.3. The number of rotatable bonds is 6. The molecule has 8 heteroatoms. The first-order chi connectivity index (χ1) is 9.66. The summed E-state index contributed by atoms with van der Waals surface area (Å²) in [5, 5.41) is 9.10. The zero-order valence-electron chi connectivity index (χ0n) is 11.9. The molecule has 0 bridgehead atoms. The molecule has 0 saturated carbocycles. The Morgan fingerprint density at radius 3 is 2.19 bits per heavy atom. The van der Waals surface area contributed by atoms with E-state index in [-0.39, 0.29) is 16.9 Å². The Hall–Kier alpha value is -1.93. The molecule has 116 valence electrons. The number of hydrogen-bond donors (Lipinski definition) is 2. The van der Waals surface area contributed by atoms with Crippen LogP contribution < -0.4 is 4.72 Å². The normalized spacial score (nSPS) is 14.2. The number of ether oxygens (including phenoxy) is 1. The van der Waals surface area contributed by atoms with Crippen molar-refractivity contribution in [3.8, 4) is 0 Å². The number of carboxylic acids is 1. The predicted octanol–water partition coefficient (Wildman–Crippen LogP) is 1.00. The number of carbonyl (C=O) groups excluding carboxylic acids is 1. The second kappa shape index (κ2) is 6.23. The predicted molar refractivity (Wildman–Crippen MR) is 74.4 cm³/mol. The molecule has 0 aliphatic rings. The van der Waals surface area contributed by atoms with E-state index in [1.54, 1.807) is 6.92 Å². The summed E-state index contributed by atoms with van der Waals surface area (Å²) in [6, 6.07) is 5.02. The molecule has 2 N–H and O–H groups in total. The number of carboxylic acid groups (broad SMARTS) is 1. The Labute approximate surface area is 123 Å². The van der Waals surface area contributed by atoms with E-state index >= 15 is 0 Å². The van der Waals surface area contributed by atoms with Crippen LogP contribution in [0.25, 0.3) is 0 Å². The second-order valence-electron chi connectivity index (χ2n) is 4.61. The van der Waals surface area contributed by atoms with Gasteiger partial charge in [-0.1, -0.05) is 6.92 Å². The molecule has 0 spiro atoms. The van der Waals surface area contributed by atoms with Gasteiger partial charge in [0, 0.05) is 0 Å². The zero-order valence-corrected chi connectivity index (χ0v) is 12.7. The highest BCUT2D eigenvalue weighted by atomic mass is 32.2. The number of nitrogens with one attached hydrogen (secondary N) is 1. The second-order valence-corrected chi connectivity index (χ2v) is 6.29. The fourth-order valence-corrected chi connectivity index (χ4v) is 2.95. The van der Waals surface area contributed by atoms with Crippen molar-refractivity contribution >= 4 is 22.0 Å². The number of esters is 1. The van der Waals surface area contributed by atoms with Gasteiger partial charge in [0.2, 0.25) is 10.0 Å². The number of methoxy groups -OCH3 is 1. The van der Waals surface area contributed by atoms with Crippen molar-refractivity contribution in [2.75, 3.05) is 7.11 Å². The molecule has 1 rings (SSSR count). The van der Waals surface area contributed by atoms with E-state index in [2.05, 4.69) is 9.46 Å². The topological polar surface area (TPSA) is 110 Å². The van der Waals surface area contributed by atoms with Gasteiger partial charge in [0.1, 0.15) is 5.54 Å². The molecule has 1 atom stereocenters. The molecule has 0 heterocycles. The molecule has 0 aliphatic carbocycles. The molecule has 0 amide bonds. The van der Waals surface area contributed by atoms with E-state index in [4.69, 9.17) is 5.11 Å². The highest BCUT2D eigenvalue weighted by Gasteiger charge is 2.36. The van der Waals surface area contributed by atoms with E-state index in [0.717, 1.165) is 0 Å². The highest BCUT2D eigenvalue weighted by Crippen LogP contribution is 2.17. The van der Waals surface area contributed by atoms with E-state index in [1.807, 2.05) is 0 Å². The number of sulfonamides is 1. The van der Waals surface area contributed by atoms with E-state index in [0.29, 0.717) is 0 Å². The highest BCUT2D eigenvalue weighted by molar-refractivity contribution is 7.89. The van der Waals surface area contributed by atoms with E-state index in [9.17, 15) is 18.0 Å². The Bertz CT molecular complexity index is 637. The molecule has 7 nitrogen and oxygen atoms in total. The Balaban J connectivity index is 3.09. The quantitative estimate of drug-likeness (QED) is 0.758. The third-order valence-electron chi connectivity index (χ3n) is 3.12. The maximum Gasteiger partial charge on any atom is 0.337 e. The van der Waals surface area contributed by atoms with Gasteiger partial charge in [0.25, 0.3) is 0 Å². The average Bonchev–Trinajstić information content (AvgIpc) is 2.45. The van der Waals surface area contributed by atoms with Crippen molar-refractivity contribution in [2.45, 2.75) is 30.7 Å². The summed E-state index contributed by atoms with van der Waals surface area (Å²) in [7, 11) is -2.79. The van der Waals surface area contributed by atoms with Crippen LogP contribution in [0.2, 0.25) is 0 Å². The Kier molecular flexibility index (Phi) is 5.08. The first-order valence-corrected chi connectivity index (χ1v) is 7.60. The number of carbonyl (C=O) groups is 2. The maximum absolute atomic E-state index is 12.2. The third kappa shape index (κ3) is 3.79. The summed E-state index contributed by atoms with van der Waals surface area (Å²) in [6.07, 6.45) is 0.0851. The van der Waals surface area contributed by atoms with Gasteiger partial charge in [-0.05, 0) is 37.6 Å². The summed E-state index contributed by atoms with van der Waals surface area (Å²) < 4.78 is 31.0. The number of aliphatic carboxylic acids is 1. The maximum atomic E-state index is 12.2. The molecule has 0 aliphatic heterocycles. The summed E-state index contributed by atoms with van der Waals surface area (Å²) in [6.45, 7) is 2.85. The van der Waals surface area contributed by atoms with Gasteiger partial charge < -0.3 is 9.84 Å². The number of hydrogen-bond acceptors (Lipinski definition) is 5. The molecular formula is C13H17NO6S. The van der Waals surface area contributed by atoms with Crippen molar-refractivity contribution in [2.24, 2.45) is 0 Å². The van der Waals surface area contributed by atoms with Crippen LogP contribution in [0.15, 0.2) is 29.2 Å². The van der Waals surface area contributed by atoms with Crippen LogP contribution in [0, 0.1) is 0 Å². The van der Waals surface area contributed by atoms with Gasteiger partial charge >= 0.3 is 11.9 Å². The minimum absolute atomic E-state index is 0.0851. The smallest absolute Gasteiger partial charge is 0.337 e. The van der Waals surface area contributed by atoms with Crippen molar-refractivity contribution in [3.63, 3.8) is 0 Å². The van der Waals surface area contributed by atoms with Crippen LogP contribution in [-0.2, 0) is 19.6 Å². The van der Waals surface area contributed by atoms with Gasteiger partial charge in [0.05, 0.1) is 17.6 Å². The lowest BCUT2D eigenvalue weighted by Gasteiger charge is -2.24. The minimum atomic E-state index is -4.01. The van der Waals surface area contributed by atoms with Crippen LogP contribution in [0.5, 0.6) is 0 Å². The largest absolute Gasteiger partial charge is 0.480 e. The zero-order chi connectivity index (χ0) is 16.3. The van der Waals surface area contributed by atoms with Crippen LogP contribution in [-0.4, -0.2) is 38.1 Å². The molecule has 0 fully saturated rings. The minimum Gasteiger partial charge on any atom is -0.480 e. The van der Waals surface area contributed by atoms with Gasteiger partial charge in [-0.25, -0.2) is 13.2 Å². The van der Waals surface area contributed by atoms with E-state index < -0.39 is 27.5 Å². The molecule has 1 aromatic carbocycles. The average molecular weight is 315 g/mol. The van der Waals surface area contributed by atoms with Crippen molar-refractivity contribution in [1.29, 1.82) is 0 Å². The molecule has 0 saturated heterocycles. The van der Waals surface area contributed by atoms with Gasteiger partial charge in [-0.2, -0.15) is 4.72 Å². The summed E-state index contributed by atoms with van der Waals surface area (Å²) in [5.41, 5.74) is -1.40. The summed E-state index contributed by atoms with van der Waals surface area (Å²) >= 11 is 0. The first-order valence-electron chi connectivity index (χ1n) is 6.12. The fraction of sp³-hybridized carbons (Fsp3) is 0.385.